The van der Waals surface area contributed by atoms with E-state index in [-0.39, 0.29) is 5.82 Å². The number of hydrogen-bond acceptors (Lipinski definition) is 5. The van der Waals surface area contributed by atoms with Crippen molar-refractivity contribution < 1.29 is 4.39 Å². The molecule has 0 saturated carbocycles. The Labute approximate surface area is 145 Å². The minimum absolute atomic E-state index is 0.304. The molecule has 0 fully saturated rings. The molecule has 5 rings (SSSR count). The second kappa shape index (κ2) is 5.38. The highest BCUT2D eigenvalue weighted by molar-refractivity contribution is 7.13. The lowest BCUT2D eigenvalue weighted by Gasteiger charge is -2.01. The number of nitrogens with zero attached hydrogens (tertiary/aromatic N) is 4. The number of anilines is 2. The lowest BCUT2D eigenvalue weighted by Crippen LogP contribution is -1.94. The van der Waals surface area contributed by atoms with Gasteiger partial charge in [-0.3, -0.25) is 5.10 Å². The van der Waals surface area contributed by atoms with Crippen molar-refractivity contribution in [3.63, 3.8) is 0 Å². The van der Waals surface area contributed by atoms with E-state index in [0.29, 0.717) is 17.4 Å². The first-order chi connectivity index (χ1) is 12.3. The standard InChI is InChI=1S/C17H11FN6S/c18-11-2-1-3-12(9-11)20-16-22-17-21-13-8-10(15-19-6-7-25-15)4-5-14(13)24(17)23-16/h1-9H,(H2,20,21,22,23). The Hall–Kier alpha value is -3.26. The van der Waals surface area contributed by atoms with Gasteiger partial charge in [0.15, 0.2) is 0 Å². The van der Waals surface area contributed by atoms with E-state index >= 15 is 0 Å². The summed E-state index contributed by atoms with van der Waals surface area (Å²) in [4.78, 5) is 13.3. The molecule has 6 nitrogen and oxygen atoms in total. The van der Waals surface area contributed by atoms with Crippen molar-refractivity contribution in [2.24, 2.45) is 0 Å². The van der Waals surface area contributed by atoms with Crippen molar-refractivity contribution in [3.8, 4) is 10.6 Å². The number of halogens is 1. The Morgan fingerprint density at radius 3 is 2.92 bits per heavy atom. The third-order valence-corrected chi connectivity index (χ3v) is 4.66. The van der Waals surface area contributed by atoms with Crippen molar-refractivity contribution in [3.05, 3.63) is 59.9 Å². The summed E-state index contributed by atoms with van der Waals surface area (Å²) in [7, 11) is 0. The molecule has 3 aromatic heterocycles. The van der Waals surface area contributed by atoms with Gasteiger partial charge in [-0.2, -0.15) is 4.98 Å². The molecule has 0 aliphatic heterocycles. The Morgan fingerprint density at radius 1 is 1.12 bits per heavy atom. The second-order valence-electron chi connectivity index (χ2n) is 5.50. The van der Waals surface area contributed by atoms with E-state index in [9.17, 15) is 4.39 Å². The van der Waals surface area contributed by atoms with E-state index in [1.807, 2.05) is 23.6 Å². The number of H-pyrrole nitrogens is 1. The summed E-state index contributed by atoms with van der Waals surface area (Å²) in [6.45, 7) is 0. The molecule has 0 atom stereocenters. The predicted octanol–water partition coefficient (Wildman–Crippen LogP) is 4.22. The molecule has 5 aromatic rings. The van der Waals surface area contributed by atoms with E-state index < -0.39 is 0 Å². The van der Waals surface area contributed by atoms with Crippen LogP contribution in [0.2, 0.25) is 0 Å². The quantitative estimate of drug-likeness (QED) is 0.511. The summed E-state index contributed by atoms with van der Waals surface area (Å²) in [5, 5.41) is 9.09. The minimum atomic E-state index is -0.304. The zero-order valence-electron chi connectivity index (χ0n) is 12.8. The third-order valence-electron chi connectivity index (χ3n) is 3.83. The number of imidazole rings is 1. The van der Waals surface area contributed by atoms with Crippen LogP contribution in [0, 0.1) is 5.82 Å². The first kappa shape index (κ1) is 14.1. The smallest absolute Gasteiger partial charge is 0.253 e. The summed E-state index contributed by atoms with van der Waals surface area (Å²) in [6.07, 6.45) is 1.79. The maximum absolute atomic E-state index is 13.3. The molecule has 25 heavy (non-hydrogen) atoms. The number of fused-ring (bicyclic) bond motifs is 3. The Balaban J connectivity index is 1.54. The van der Waals surface area contributed by atoms with Crippen molar-refractivity contribution in [1.29, 1.82) is 0 Å². The van der Waals surface area contributed by atoms with Crippen LogP contribution in [-0.2, 0) is 0 Å². The maximum atomic E-state index is 13.3. The summed E-state index contributed by atoms with van der Waals surface area (Å²) in [5.74, 6) is 0.741. The van der Waals surface area contributed by atoms with Crippen LogP contribution in [0.15, 0.2) is 54.0 Å². The van der Waals surface area contributed by atoms with Gasteiger partial charge in [0.2, 0.25) is 5.95 Å². The van der Waals surface area contributed by atoms with Crippen molar-refractivity contribution in [2.45, 2.75) is 0 Å². The summed E-state index contributed by atoms with van der Waals surface area (Å²) < 4.78 is 15.1. The maximum Gasteiger partial charge on any atom is 0.253 e. The largest absolute Gasteiger partial charge is 0.324 e. The molecule has 122 valence electrons. The molecule has 0 spiro atoms. The molecular weight excluding hydrogens is 339 g/mol. The average Bonchev–Trinajstić information content (AvgIpc) is 3.30. The lowest BCUT2D eigenvalue weighted by atomic mass is 10.2. The van der Waals surface area contributed by atoms with Gasteiger partial charge in [0, 0.05) is 22.8 Å². The van der Waals surface area contributed by atoms with Crippen LogP contribution in [0.4, 0.5) is 16.0 Å². The number of nitrogens with one attached hydrogen (secondary N) is 2. The first-order valence-corrected chi connectivity index (χ1v) is 8.45. The van der Waals surface area contributed by atoms with Gasteiger partial charge in [0.05, 0.1) is 11.0 Å². The number of hydrogen-bond donors (Lipinski definition) is 2. The van der Waals surface area contributed by atoms with Gasteiger partial charge < -0.3 is 5.32 Å². The molecule has 0 bridgehead atoms. The number of aromatic amines is 1. The molecule has 3 heterocycles. The monoisotopic (exact) mass is 350 g/mol. The molecule has 0 aliphatic carbocycles. The molecule has 2 N–H and O–H groups in total. The molecule has 0 radical (unpaired) electrons. The van der Waals surface area contributed by atoms with E-state index in [4.69, 9.17) is 0 Å². The van der Waals surface area contributed by atoms with Gasteiger partial charge in [0.1, 0.15) is 10.8 Å². The van der Waals surface area contributed by atoms with Crippen LogP contribution < -0.4 is 5.32 Å². The summed E-state index contributed by atoms with van der Waals surface area (Å²) in [6, 6.07) is 12.2. The number of benzene rings is 2. The van der Waals surface area contributed by atoms with Gasteiger partial charge in [-0.25, -0.2) is 18.9 Å². The van der Waals surface area contributed by atoms with Crippen LogP contribution >= 0.6 is 11.3 Å². The number of rotatable bonds is 3. The topological polar surface area (TPSA) is 70.9 Å². The molecular formula is C17H11FN6S. The Kier molecular flexibility index (Phi) is 3.04. The Morgan fingerprint density at radius 2 is 2.08 bits per heavy atom. The zero-order valence-corrected chi connectivity index (χ0v) is 13.6. The van der Waals surface area contributed by atoms with Crippen molar-refractivity contribution >= 4 is 39.8 Å². The van der Waals surface area contributed by atoms with Gasteiger partial charge in [-0.1, -0.05) is 6.07 Å². The van der Waals surface area contributed by atoms with E-state index in [2.05, 4.69) is 25.4 Å². The van der Waals surface area contributed by atoms with E-state index in [0.717, 1.165) is 21.6 Å². The predicted molar refractivity (Wildman–Crippen MR) is 95.6 cm³/mol. The van der Waals surface area contributed by atoms with Gasteiger partial charge in [-0.15, -0.1) is 11.3 Å². The van der Waals surface area contributed by atoms with Crippen molar-refractivity contribution in [2.75, 3.05) is 5.32 Å². The van der Waals surface area contributed by atoms with Gasteiger partial charge in [-0.05, 0) is 36.4 Å². The normalized spacial score (nSPS) is 11.4. The molecule has 2 aromatic carbocycles. The van der Waals surface area contributed by atoms with Gasteiger partial charge in [0.25, 0.3) is 5.78 Å². The summed E-state index contributed by atoms with van der Waals surface area (Å²) >= 11 is 1.59. The SMILES string of the molecule is Fc1cccc(Nc2nc3nc4cc(-c5nccs5)ccc4n3[nH]2)c1. The zero-order chi connectivity index (χ0) is 16.8. The van der Waals surface area contributed by atoms with Crippen LogP contribution in [0.1, 0.15) is 0 Å². The average molecular weight is 350 g/mol. The van der Waals surface area contributed by atoms with E-state index in [1.165, 1.54) is 12.1 Å². The second-order valence-corrected chi connectivity index (χ2v) is 6.39. The Bertz CT molecular complexity index is 1190. The highest BCUT2D eigenvalue weighted by Gasteiger charge is 2.11. The van der Waals surface area contributed by atoms with Gasteiger partial charge >= 0.3 is 0 Å². The fourth-order valence-corrected chi connectivity index (χ4v) is 3.38. The first-order valence-electron chi connectivity index (χ1n) is 7.57. The number of aromatic nitrogens is 5. The minimum Gasteiger partial charge on any atom is -0.324 e. The van der Waals surface area contributed by atoms with Crippen LogP contribution in [0.3, 0.4) is 0 Å². The molecule has 0 saturated heterocycles. The van der Waals surface area contributed by atoms with Crippen LogP contribution in [-0.4, -0.2) is 24.6 Å². The highest BCUT2D eigenvalue weighted by atomic mass is 32.1. The fraction of sp³-hybridized carbons (Fsp3) is 0. The molecule has 8 heteroatoms. The molecule has 0 amide bonds. The lowest BCUT2D eigenvalue weighted by molar-refractivity contribution is 0.628. The highest BCUT2D eigenvalue weighted by Crippen LogP contribution is 2.26. The van der Waals surface area contributed by atoms with Crippen LogP contribution in [0.25, 0.3) is 27.4 Å². The summed E-state index contributed by atoms with van der Waals surface area (Å²) in [5.41, 5.74) is 3.40. The molecule has 0 aliphatic rings. The third kappa shape index (κ3) is 2.43. The number of thiazole rings is 1. The fourth-order valence-electron chi connectivity index (χ4n) is 2.74. The molecule has 0 unspecified atom stereocenters. The van der Waals surface area contributed by atoms with E-state index in [1.54, 1.807) is 34.2 Å². The van der Waals surface area contributed by atoms with Crippen molar-refractivity contribution in [1.82, 2.24) is 24.6 Å². The van der Waals surface area contributed by atoms with Crippen LogP contribution in [0.5, 0.6) is 0 Å².